The molecule has 6 heteroatoms. The van der Waals surface area contributed by atoms with Crippen LogP contribution in [0, 0.1) is 0 Å². The molecule has 376 valence electrons. The Morgan fingerprint density at radius 1 is 0.438 bits per heavy atom. The number of unbranched alkanes of at least 4 members (excludes halogenated alkanes) is 37. The largest absolute Gasteiger partial charge is 0.466 e. The normalized spacial score (nSPS) is 12.9. The zero-order valence-corrected chi connectivity index (χ0v) is 42.8. The second-order valence-electron chi connectivity index (χ2n) is 19.3. The third-order valence-corrected chi connectivity index (χ3v) is 12.9. The first-order valence-corrected chi connectivity index (χ1v) is 28.3. The van der Waals surface area contributed by atoms with E-state index in [1.54, 1.807) is 6.08 Å². The fourth-order valence-electron chi connectivity index (χ4n) is 8.55. The molecule has 0 saturated carbocycles. The lowest BCUT2D eigenvalue weighted by atomic mass is 10.0. The number of amides is 1. The SMILES string of the molecule is CCCCCCCCC/C=C/C(O)C(CO)NC(=O)CCCCCCCCC/C=C\C/C=C\CCCCCCCCCCCOC(=O)CCCCCCCCCCCCCCCCC. The van der Waals surface area contributed by atoms with Crippen LogP contribution in [0.25, 0.3) is 0 Å². The highest BCUT2D eigenvalue weighted by atomic mass is 16.5. The van der Waals surface area contributed by atoms with Crippen LogP contribution in [0.2, 0.25) is 0 Å². The van der Waals surface area contributed by atoms with Crippen molar-refractivity contribution in [1.82, 2.24) is 5.32 Å². The molecule has 0 bridgehead atoms. The van der Waals surface area contributed by atoms with Crippen LogP contribution in [0.4, 0.5) is 0 Å². The lowest BCUT2D eigenvalue weighted by Crippen LogP contribution is -2.45. The van der Waals surface area contributed by atoms with Gasteiger partial charge in [0.15, 0.2) is 0 Å². The molecule has 3 N–H and O–H groups in total. The highest BCUT2D eigenvalue weighted by Crippen LogP contribution is 2.16. The minimum absolute atomic E-state index is 0.00889. The van der Waals surface area contributed by atoms with Crippen molar-refractivity contribution >= 4 is 11.9 Å². The number of rotatable bonds is 52. The summed E-state index contributed by atoms with van der Waals surface area (Å²) in [6, 6.07) is -0.633. The van der Waals surface area contributed by atoms with Gasteiger partial charge in [-0.3, -0.25) is 9.59 Å². The predicted molar refractivity (Wildman–Crippen MR) is 278 cm³/mol. The summed E-state index contributed by atoms with van der Waals surface area (Å²) < 4.78 is 5.48. The summed E-state index contributed by atoms with van der Waals surface area (Å²) in [5.74, 6) is -0.0726. The van der Waals surface area contributed by atoms with E-state index in [2.05, 4.69) is 43.5 Å². The highest BCUT2D eigenvalue weighted by molar-refractivity contribution is 5.76. The predicted octanol–water partition coefficient (Wildman–Crippen LogP) is 17.2. The van der Waals surface area contributed by atoms with Crippen LogP contribution in [0.5, 0.6) is 0 Å². The molecule has 0 aliphatic carbocycles. The molecule has 0 aromatic rings. The van der Waals surface area contributed by atoms with Crippen LogP contribution in [0.3, 0.4) is 0 Å². The van der Waals surface area contributed by atoms with E-state index < -0.39 is 12.1 Å². The number of hydrogen-bond acceptors (Lipinski definition) is 5. The zero-order chi connectivity index (χ0) is 46.5. The monoisotopic (exact) mass is 900 g/mol. The van der Waals surface area contributed by atoms with E-state index in [0.717, 1.165) is 57.8 Å². The van der Waals surface area contributed by atoms with E-state index in [9.17, 15) is 19.8 Å². The van der Waals surface area contributed by atoms with E-state index in [1.807, 2.05) is 6.08 Å². The number of aliphatic hydroxyl groups is 2. The number of carbonyl (C=O) groups is 2. The van der Waals surface area contributed by atoms with E-state index in [4.69, 9.17) is 4.74 Å². The number of nitrogens with one attached hydrogen (secondary N) is 1. The molecule has 0 saturated heterocycles. The molecule has 0 aromatic carbocycles. The van der Waals surface area contributed by atoms with E-state index >= 15 is 0 Å². The molecule has 0 heterocycles. The molecule has 0 aromatic heterocycles. The third kappa shape index (κ3) is 49.5. The maximum atomic E-state index is 12.4. The van der Waals surface area contributed by atoms with Crippen molar-refractivity contribution < 1.29 is 24.5 Å². The Hall–Kier alpha value is -1.92. The van der Waals surface area contributed by atoms with Crippen molar-refractivity contribution in [2.75, 3.05) is 13.2 Å². The van der Waals surface area contributed by atoms with E-state index in [1.165, 1.54) is 212 Å². The van der Waals surface area contributed by atoms with Crippen LogP contribution in [-0.2, 0) is 14.3 Å². The van der Waals surface area contributed by atoms with Crippen LogP contribution in [0.15, 0.2) is 36.5 Å². The molecular weight excluding hydrogens is 791 g/mol. The number of carbonyl (C=O) groups excluding carboxylic acids is 2. The first kappa shape index (κ1) is 62.1. The second kappa shape index (κ2) is 53.7. The smallest absolute Gasteiger partial charge is 0.305 e. The van der Waals surface area contributed by atoms with Gasteiger partial charge in [-0.2, -0.15) is 0 Å². The maximum absolute atomic E-state index is 12.4. The summed E-state index contributed by atoms with van der Waals surface area (Å²) in [4.78, 5) is 24.4. The highest BCUT2D eigenvalue weighted by Gasteiger charge is 2.18. The molecule has 64 heavy (non-hydrogen) atoms. The van der Waals surface area contributed by atoms with Gasteiger partial charge in [0.2, 0.25) is 5.91 Å². The van der Waals surface area contributed by atoms with Gasteiger partial charge in [0, 0.05) is 12.8 Å². The topological polar surface area (TPSA) is 95.9 Å². The molecule has 0 fully saturated rings. The summed E-state index contributed by atoms with van der Waals surface area (Å²) in [6.07, 6.45) is 66.0. The summed E-state index contributed by atoms with van der Waals surface area (Å²) in [5, 5.41) is 22.9. The Kier molecular flexibility index (Phi) is 52.1. The maximum Gasteiger partial charge on any atom is 0.305 e. The van der Waals surface area contributed by atoms with Crippen LogP contribution in [-0.4, -0.2) is 47.4 Å². The van der Waals surface area contributed by atoms with Crippen molar-refractivity contribution in [1.29, 1.82) is 0 Å². The Bertz CT molecular complexity index is 1040. The van der Waals surface area contributed by atoms with E-state index in [-0.39, 0.29) is 18.5 Å². The minimum Gasteiger partial charge on any atom is -0.466 e. The van der Waals surface area contributed by atoms with Crippen molar-refractivity contribution in [2.45, 2.75) is 309 Å². The molecule has 2 atom stereocenters. The summed E-state index contributed by atoms with van der Waals surface area (Å²) in [5.41, 5.74) is 0. The van der Waals surface area contributed by atoms with Gasteiger partial charge in [-0.1, -0.05) is 256 Å². The van der Waals surface area contributed by atoms with Gasteiger partial charge < -0.3 is 20.3 Å². The fraction of sp³-hybridized carbons (Fsp3) is 0.862. The van der Waals surface area contributed by atoms with Gasteiger partial charge in [-0.15, -0.1) is 0 Å². The molecule has 2 unspecified atom stereocenters. The van der Waals surface area contributed by atoms with Crippen LogP contribution < -0.4 is 5.32 Å². The molecule has 1 amide bonds. The number of aliphatic hydroxyl groups excluding tert-OH is 2. The van der Waals surface area contributed by atoms with Gasteiger partial charge >= 0.3 is 5.97 Å². The summed E-state index contributed by atoms with van der Waals surface area (Å²) >= 11 is 0. The Morgan fingerprint density at radius 2 is 0.781 bits per heavy atom. The quantitative estimate of drug-likeness (QED) is 0.0321. The fourth-order valence-corrected chi connectivity index (χ4v) is 8.55. The molecule has 0 rings (SSSR count). The number of hydrogen-bond donors (Lipinski definition) is 3. The lowest BCUT2D eigenvalue weighted by Gasteiger charge is -2.20. The van der Waals surface area contributed by atoms with Crippen molar-refractivity contribution in [3.63, 3.8) is 0 Å². The van der Waals surface area contributed by atoms with Crippen LogP contribution in [0.1, 0.15) is 296 Å². The molecule has 0 aliphatic heterocycles. The van der Waals surface area contributed by atoms with Gasteiger partial charge in [0.25, 0.3) is 0 Å². The molecule has 6 nitrogen and oxygen atoms in total. The minimum atomic E-state index is -0.848. The Morgan fingerprint density at radius 3 is 1.19 bits per heavy atom. The Labute approximate surface area is 398 Å². The first-order valence-electron chi connectivity index (χ1n) is 28.3. The summed E-state index contributed by atoms with van der Waals surface area (Å²) in [7, 11) is 0. The number of esters is 1. The van der Waals surface area contributed by atoms with Crippen LogP contribution >= 0.6 is 0 Å². The first-order chi connectivity index (χ1) is 31.5. The van der Waals surface area contributed by atoms with Gasteiger partial charge in [0.1, 0.15) is 0 Å². The van der Waals surface area contributed by atoms with Gasteiger partial charge in [0.05, 0.1) is 25.4 Å². The molecule has 0 spiro atoms. The Balaban J connectivity index is 3.43. The van der Waals surface area contributed by atoms with Crippen molar-refractivity contribution in [3.8, 4) is 0 Å². The van der Waals surface area contributed by atoms with Gasteiger partial charge in [-0.05, 0) is 64.2 Å². The number of ether oxygens (including phenoxy) is 1. The number of allylic oxidation sites excluding steroid dienone is 5. The van der Waals surface area contributed by atoms with Gasteiger partial charge in [-0.25, -0.2) is 0 Å². The third-order valence-electron chi connectivity index (χ3n) is 12.9. The second-order valence-corrected chi connectivity index (χ2v) is 19.3. The zero-order valence-electron chi connectivity index (χ0n) is 42.8. The summed E-state index contributed by atoms with van der Waals surface area (Å²) in [6.45, 7) is 4.87. The van der Waals surface area contributed by atoms with E-state index in [0.29, 0.717) is 19.4 Å². The molecule has 0 aliphatic rings. The van der Waals surface area contributed by atoms with Crippen molar-refractivity contribution in [3.05, 3.63) is 36.5 Å². The molecule has 0 radical (unpaired) electrons. The lowest BCUT2D eigenvalue weighted by molar-refractivity contribution is -0.143. The van der Waals surface area contributed by atoms with Crippen molar-refractivity contribution in [2.24, 2.45) is 0 Å². The molecular formula is C58H109NO5. The average Bonchev–Trinajstić information content (AvgIpc) is 3.29. The average molecular weight is 901 g/mol. The standard InChI is InChI=1S/C58H109NO5/c1-3-5-7-9-11-13-14-15-25-29-32-36-40-44-48-52-58(63)64-53-49-45-41-37-33-30-27-24-22-20-18-16-17-19-21-23-26-28-31-35-39-43-47-51-57(62)59-55(54-60)56(61)50-46-42-38-34-12-10-8-6-4-2/h16,18-19,21,46,50,55-56,60-61H,3-15,17,20,22-45,47-49,51-54H2,1-2H3,(H,59,62)/b18-16-,21-19-,50-46+.